The molecule has 0 aromatic rings. The Morgan fingerprint density at radius 1 is 1.60 bits per heavy atom. The van der Waals surface area contributed by atoms with Crippen LogP contribution in [0.3, 0.4) is 0 Å². The third kappa shape index (κ3) is 5.14. The van der Waals surface area contributed by atoms with Gasteiger partial charge in [-0.2, -0.15) is 0 Å². The first-order valence-corrected chi connectivity index (χ1v) is 7.94. The summed E-state index contributed by atoms with van der Waals surface area (Å²) < 4.78 is 1.85. The summed E-state index contributed by atoms with van der Waals surface area (Å²) in [6.07, 6.45) is 0. The molecule has 0 saturated heterocycles. The maximum atomic E-state index is 5.33. The van der Waals surface area contributed by atoms with E-state index in [1.54, 1.807) is 0 Å². The molecule has 0 aromatic carbocycles. The van der Waals surface area contributed by atoms with Crippen molar-refractivity contribution < 1.29 is 14.8 Å². The van der Waals surface area contributed by atoms with Crippen molar-refractivity contribution in [1.82, 2.24) is 0 Å². The fourth-order valence-electron chi connectivity index (χ4n) is 0. The first-order chi connectivity index (χ1) is 2.27. The third-order valence-corrected chi connectivity index (χ3v) is 3.39. The van der Waals surface area contributed by atoms with E-state index in [4.69, 9.17) is 18.8 Å². The van der Waals surface area contributed by atoms with Gasteiger partial charge in [-0.05, 0) is 0 Å². The second kappa shape index (κ2) is 3.33. The summed E-state index contributed by atoms with van der Waals surface area (Å²) in [6, 6.07) is 0. The van der Waals surface area contributed by atoms with Gasteiger partial charge in [-0.1, -0.05) is 0 Å². The molecule has 0 fully saturated rings. The van der Waals surface area contributed by atoms with Crippen LogP contribution < -0.4 is 0 Å². The van der Waals surface area contributed by atoms with Gasteiger partial charge in [0.05, 0.1) is 0 Å². The molecule has 0 aliphatic rings. The van der Waals surface area contributed by atoms with Crippen molar-refractivity contribution in [3.63, 3.8) is 0 Å². The Hall–Kier alpha value is 1.14. The molecule has 0 unspecified atom stereocenters. The quantitative estimate of drug-likeness (QED) is 0.638. The summed E-state index contributed by atoms with van der Waals surface area (Å²) in [4.78, 5) is 0. The third-order valence-electron chi connectivity index (χ3n) is 0.138. The molecule has 0 spiro atoms. The number of hydrogen-bond donors (Lipinski definition) is 0. The van der Waals surface area contributed by atoms with Crippen LogP contribution in [-0.4, -0.2) is 4.40 Å². The molecular weight excluding hydrogens is 290 g/mol. The zero-order chi connectivity index (χ0) is 4.28. The molecule has 0 aromatic heterocycles. The Morgan fingerprint density at radius 2 is 1.80 bits per heavy atom. The molecule has 0 N–H and O–H groups in total. The van der Waals surface area contributed by atoms with Crippen molar-refractivity contribution >= 4 is 23.2 Å². The summed E-state index contributed by atoms with van der Waals surface area (Å²) in [5.41, 5.74) is 0. The zero-order valence-electron chi connectivity index (χ0n) is 2.65. The van der Waals surface area contributed by atoms with Gasteiger partial charge < -0.3 is 0 Å². The molecule has 0 heterocycles. The predicted molar refractivity (Wildman–Crippen MR) is 23.4 cm³/mol. The molecule has 36 valence electrons. The zero-order valence-corrected chi connectivity index (χ0v) is 6.43. The Bertz CT molecular complexity index is 45.6. The minimum absolute atomic E-state index is 1.47. The average molecular weight is 294 g/mol. The monoisotopic (exact) mass is 293 g/mol. The van der Waals surface area contributed by atoms with Crippen molar-refractivity contribution in [2.24, 2.45) is 0 Å². The SMILES string of the molecule is C[CH]=[Pt]([Cl])[Cl]. The summed E-state index contributed by atoms with van der Waals surface area (Å²) in [5, 5.41) is 0. The van der Waals surface area contributed by atoms with Gasteiger partial charge in [0.2, 0.25) is 0 Å². The van der Waals surface area contributed by atoms with E-state index in [2.05, 4.69) is 0 Å². The van der Waals surface area contributed by atoms with Crippen molar-refractivity contribution in [3.05, 3.63) is 0 Å². The van der Waals surface area contributed by atoms with Gasteiger partial charge >= 0.3 is 44.9 Å². The standard InChI is InChI=1S/C2H4.2ClH.Pt/c1-2;;;/h1H,2H3;2*1H;/q;;;+2/p-2. The van der Waals surface area contributed by atoms with Crippen molar-refractivity contribution in [3.8, 4) is 0 Å². The molecule has 0 aliphatic heterocycles. The molecule has 3 heteroatoms. The molecule has 0 aliphatic carbocycles. The second-order valence-corrected chi connectivity index (χ2v) is 8.21. The van der Waals surface area contributed by atoms with E-state index in [9.17, 15) is 0 Å². The van der Waals surface area contributed by atoms with Crippen LogP contribution in [0.2, 0.25) is 0 Å². The molecule has 0 atom stereocenters. The van der Waals surface area contributed by atoms with Crippen molar-refractivity contribution in [2.75, 3.05) is 0 Å². The van der Waals surface area contributed by atoms with Crippen LogP contribution >= 0.6 is 18.8 Å². The fraction of sp³-hybridized carbons (Fsp3) is 0.500. The molecule has 0 saturated carbocycles. The molecule has 0 bridgehead atoms. The normalized spacial score (nSPS) is 10.6. The molecule has 5 heavy (non-hydrogen) atoms. The van der Waals surface area contributed by atoms with Crippen LogP contribution in [0.5, 0.6) is 0 Å². The summed E-state index contributed by atoms with van der Waals surface area (Å²) >= 11 is -1.47. The van der Waals surface area contributed by atoms with Crippen molar-refractivity contribution in [1.29, 1.82) is 0 Å². The first-order valence-electron chi connectivity index (χ1n) is 0.999. The molecular formula is C2H4Cl2Pt. The summed E-state index contributed by atoms with van der Waals surface area (Å²) in [7, 11) is 10.7. The van der Waals surface area contributed by atoms with E-state index in [-0.39, 0.29) is 0 Å². The van der Waals surface area contributed by atoms with Crippen LogP contribution in [0, 0.1) is 0 Å². The summed E-state index contributed by atoms with van der Waals surface area (Å²) in [6.45, 7) is 1.88. The van der Waals surface area contributed by atoms with Gasteiger partial charge in [0.25, 0.3) is 0 Å². The predicted octanol–water partition coefficient (Wildman–Crippen LogP) is 1.73. The molecule has 0 rings (SSSR count). The van der Waals surface area contributed by atoms with Gasteiger partial charge in [0.15, 0.2) is 0 Å². The fourth-order valence-corrected chi connectivity index (χ4v) is 0. The van der Waals surface area contributed by atoms with Crippen LogP contribution in [0.4, 0.5) is 0 Å². The number of rotatable bonds is 0. The van der Waals surface area contributed by atoms with Crippen LogP contribution in [0.15, 0.2) is 0 Å². The van der Waals surface area contributed by atoms with Crippen LogP contribution in [-0.2, 0) is 14.8 Å². The Labute approximate surface area is 45.0 Å². The van der Waals surface area contributed by atoms with Gasteiger partial charge in [0, 0.05) is 0 Å². The molecule has 0 nitrogen and oxygen atoms in total. The van der Waals surface area contributed by atoms with E-state index >= 15 is 0 Å². The van der Waals surface area contributed by atoms with E-state index in [1.807, 2.05) is 11.3 Å². The topological polar surface area (TPSA) is 0 Å². The minimum atomic E-state index is -1.47. The number of hydrogen-bond acceptors (Lipinski definition) is 0. The average Bonchev–Trinajstić information content (AvgIpc) is 1.38. The van der Waals surface area contributed by atoms with Crippen LogP contribution in [0.25, 0.3) is 0 Å². The Morgan fingerprint density at radius 3 is 1.80 bits per heavy atom. The second-order valence-electron chi connectivity index (χ2n) is 0.366. The van der Waals surface area contributed by atoms with Gasteiger partial charge in [-0.15, -0.1) is 0 Å². The summed E-state index contributed by atoms with van der Waals surface area (Å²) in [5.74, 6) is 0. The van der Waals surface area contributed by atoms with Crippen molar-refractivity contribution in [2.45, 2.75) is 6.92 Å². The first kappa shape index (κ1) is 6.14. The Balaban J connectivity index is 3.14. The van der Waals surface area contributed by atoms with Gasteiger partial charge in [0.1, 0.15) is 0 Å². The van der Waals surface area contributed by atoms with E-state index in [0.29, 0.717) is 0 Å². The van der Waals surface area contributed by atoms with E-state index < -0.39 is 14.8 Å². The van der Waals surface area contributed by atoms with E-state index in [1.165, 1.54) is 0 Å². The maximum absolute atomic E-state index is 5.33. The van der Waals surface area contributed by atoms with Crippen LogP contribution in [0.1, 0.15) is 6.92 Å². The number of halogens is 2. The Kier molecular flexibility index (Phi) is 4.09. The molecule has 0 radical (unpaired) electrons. The van der Waals surface area contributed by atoms with Gasteiger partial charge in [-0.25, -0.2) is 0 Å². The van der Waals surface area contributed by atoms with Gasteiger partial charge in [-0.3, -0.25) is 0 Å². The van der Waals surface area contributed by atoms with E-state index in [0.717, 1.165) is 0 Å². The molecule has 0 amide bonds.